The van der Waals surface area contributed by atoms with Gasteiger partial charge >= 0.3 is 0 Å². The van der Waals surface area contributed by atoms with Gasteiger partial charge in [-0.2, -0.15) is 4.72 Å². The van der Waals surface area contributed by atoms with E-state index in [9.17, 15) is 17.6 Å². The van der Waals surface area contributed by atoms with Gasteiger partial charge in [-0.1, -0.05) is 30.3 Å². The van der Waals surface area contributed by atoms with Gasteiger partial charge in [0.25, 0.3) is 0 Å². The number of carbonyl (C=O) groups excluding carboxylic acids is 1. The van der Waals surface area contributed by atoms with Gasteiger partial charge in [0.15, 0.2) is 0 Å². The lowest BCUT2D eigenvalue weighted by Crippen LogP contribution is -2.49. The zero-order valence-corrected chi connectivity index (χ0v) is 14.9. The topological polar surface area (TPSA) is 75.3 Å². The van der Waals surface area contributed by atoms with E-state index in [4.69, 9.17) is 0 Å². The zero-order valence-electron chi connectivity index (χ0n) is 14.1. The highest BCUT2D eigenvalue weighted by Gasteiger charge is 2.26. The van der Waals surface area contributed by atoms with Crippen molar-refractivity contribution in [1.82, 2.24) is 10.0 Å². The largest absolute Gasteiger partial charge is 0.353 e. The number of rotatable bonds is 7. The SMILES string of the molecule is CC(C)NC(=O)[C@H](Cc1ccccc1)NS(=O)(=O)c1ccc(F)cc1. The molecular weight excluding hydrogens is 343 g/mol. The van der Waals surface area contributed by atoms with Crippen LogP contribution in [0.5, 0.6) is 0 Å². The molecule has 25 heavy (non-hydrogen) atoms. The smallest absolute Gasteiger partial charge is 0.241 e. The van der Waals surface area contributed by atoms with Crippen LogP contribution in [0.1, 0.15) is 19.4 Å². The Kier molecular flexibility index (Phi) is 6.27. The Hall–Kier alpha value is -2.25. The Morgan fingerprint density at radius 2 is 1.64 bits per heavy atom. The van der Waals surface area contributed by atoms with Crippen LogP contribution in [-0.4, -0.2) is 26.4 Å². The Bertz CT molecular complexity index is 806. The summed E-state index contributed by atoms with van der Waals surface area (Å²) in [4.78, 5) is 12.3. The molecule has 0 aliphatic rings. The molecule has 0 radical (unpaired) electrons. The number of hydrogen-bond donors (Lipinski definition) is 2. The third kappa shape index (κ3) is 5.65. The molecule has 0 aliphatic carbocycles. The van der Waals surface area contributed by atoms with Gasteiger partial charge in [0.05, 0.1) is 4.90 Å². The minimum Gasteiger partial charge on any atom is -0.353 e. The van der Waals surface area contributed by atoms with E-state index in [1.165, 1.54) is 0 Å². The summed E-state index contributed by atoms with van der Waals surface area (Å²) in [7, 11) is -3.95. The second-order valence-electron chi connectivity index (χ2n) is 5.98. The van der Waals surface area contributed by atoms with E-state index in [2.05, 4.69) is 10.0 Å². The average molecular weight is 364 g/mol. The number of sulfonamides is 1. The van der Waals surface area contributed by atoms with Gasteiger partial charge in [-0.3, -0.25) is 4.79 Å². The second-order valence-corrected chi connectivity index (χ2v) is 7.69. The summed E-state index contributed by atoms with van der Waals surface area (Å²) in [5, 5.41) is 2.72. The van der Waals surface area contributed by atoms with Crippen LogP contribution in [0.2, 0.25) is 0 Å². The summed E-state index contributed by atoms with van der Waals surface area (Å²) in [5.41, 5.74) is 0.827. The van der Waals surface area contributed by atoms with Crippen molar-refractivity contribution in [2.75, 3.05) is 0 Å². The number of benzene rings is 2. The van der Waals surface area contributed by atoms with Crippen molar-refractivity contribution in [3.05, 3.63) is 66.0 Å². The van der Waals surface area contributed by atoms with Crippen LogP contribution in [0.3, 0.4) is 0 Å². The summed E-state index contributed by atoms with van der Waals surface area (Å²) in [6.07, 6.45) is 0.208. The van der Waals surface area contributed by atoms with Crippen molar-refractivity contribution in [1.29, 1.82) is 0 Å². The van der Waals surface area contributed by atoms with E-state index in [-0.39, 0.29) is 17.4 Å². The Labute approximate surface area is 147 Å². The van der Waals surface area contributed by atoms with Crippen LogP contribution in [0.25, 0.3) is 0 Å². The third-order valence-electron chi connectivity index (χ3n) is 3.45. The van der Waals surface area contributed by atoms with Gasteiger partial charge in [-0.15, -0.1) is 0 Å². The van der Waals surface area contributed by atoms with Crippen molar-refractivity contribution in [3.63, 3.8) is 0 Å². The lowest BCUT2D eigenvalue weighted by Gasteiger charge is -2.20. The summed E-state index contributed by atoms with van der Waals surface area (Å²) in [5.74, 6) is -0.943. The molecule has 5 nitrogen and oxygen atoms in total. The predicted octanol–water partition coefficient (Wildman–Crippen LogP) is 2.24. The van der Waals surface area contributed by atoms with Crippen molar-refractivity contribution < 1.29 is 17.6 Å². The van der Waals surface area contributed by atoms with E-state index >= 15 is 0 Å². The molecule has 2 aromatic rings. The maximum atomic E-state index is 13.0. The number of halogens is 1. The summed E-state index contributed by atoms with van der Waals surface area (Å²) in [6, 6.07) is 12.5. The molecular formula is C18H21FN2O3S. The van der Waals surface area contributed by atoms with Gasteiger partial charge in [0, 0.05) is 6.04 Å². The van der Waals surface area contributed by atoms with Gasteiger partial charge < -0.3 is 5.32 Å². The first-order chi connectivity index (χ1) is 11.8. The highest BCUT2D eigenvalue weighted by molar-refractivity contribution is 7.89. The maximum absolute atomic E-state index is 13.0. The van der Waals surface area contributed by atoms with Crippen LogP contribution in [0, 0.1) is 5.82 Å². The third-order valence-corrected chi connectivity index (χ3v) is 4.94. The van der Waals surface area contributed by atoms with Crippen molar-refractivity contribution in [3.8, 4) is 0 Å². The van der Waals surface area contributed by atoms with Crippen LogP contribution in [0.15, 0.2) is 59.5 Å². The highest BCUT2D eigenvalue weighted by atomic mass is 32.2. The molecule has 0 aromatic heterocycles. The Morgan fingerprint density at radius 1 is 1.04 bits per heavy atom. The van der Waals surface area contributed by atoms with E-state index in [0.29, 0.717) is 0 Å². The summed E-state index contributed by atoms with van der Waals surface area (Å²) >= 11 is 0. The van der Waals surface area contributed by atoms with E-state index in [1.54, 1.807) is 13.8 Å². The minimum absolute atomic E-state index is 0.0932. The fraction of sp³-hybridized carbons (Fsp3) is 0.278. The second kappa shape index (κ2) is 8.22. The van der Waals surface area contributed by atoms with Gasteiger partial charge in [-0.25, -0.2) is 12.8 Å². The molecule has 134 valence electrons. The quantitative estimate of drug-likeness (QED) is 0.791. The maximum Gasteiger partial charge on any atom is 0.241 e. The zero-order chi connectivity index (χ0) is 18.4. The fourth-order valence-electron chi connectivity index (χ4n) is 2.29. The molecule has 0 fully saturated rings. The molecule has 1 atom stereocenters. The normalized spacial score (nSPS) is 12.8. The van der Waals surface area contributed by atoms with Crippen LogP contribution in [-0.2, 0) is 21.2 Å². The van der Waals surface area contributed by atoms with Crippen molar-refractivity contribution in [2.45, 2.75) is 37.2 Å². The van der Waals surface area contributed by atoms with E-state index in [1.807, 2.05) is 30.3 Å². The molecule has 7 heteroatoms. The Morgan fingerprint density at radius 3 is 2.20 bits per heavy atom. The van der Waals surface area contributed by atoms with Crippen molar-refractivity contribution >= 4 is 15.9 Å². The molecule has 0 spiro atoms. The van der Waals surface area contributed by atoms with Gasteiger partial charge in [-0.05, 0) is 50.1 Å². The first-order valence-electron chi connectivity index (χ1n) is 7.90. The monoisotopic (exact) mass is 364 g/mol. The number of amides is 1. The predicted molar refractivity (Wildman–Crippen MR) is 93.9 cm³/mol. The van der Waals surface area contributed by atoms with Crippen LogP contribution < -0.4 is 10.0 Å². The highest BCUT2D eigenvalue weighted by Crippen LogP contribution is 2.12. The molecule has 1 amide bonds. The molecule has 0 heterocycles. The molecule has 0 saturated heterocycles. The van der Waals surface area contributed by atoms with Gasteiger partial charge in [0.1, 0.15) is 11.9 Å². The molecule has 2 rings (SSSR count). The summed E-state index contributed by atoms with van der Waals surface area (Å²) < 4.78 is 40.5. The molecule has 0 bridgehead atoms. The minimum atomic E-state index is -3.95. The molecule has 0 unspecified atom stereocenters. The average Bonchev–Trinajstić information content (AvgIpc) is 2.55. The first kappa shape index (κ1) is 19.1. The van der Waals surface area contributed by atoms with Crippen LogP contribution >= 0.6 is 0 Å². The molecule has 2 N–H and O–H groups in total. The number of hydrogen-bond acceptors (Lipinski definition) is 3. The molecule has 0 saturated carbocycles. The lowest BCUT2D eigenvalue weighted by atomic mass is 10.1. The molecule has 2 aromatic carbocycles. The standard InChI is InChI=1S/C18H21FN2O3S/c1-13(2)20-18(22)17(12-14-6-4-3-5-7-14)21-25(23,24)16-10-8-15(19)9-11-16/h3-11,13,17,21H,12H2,1-2H3,(H,20,22)/t17-/m0/s1. The van der Waals surface area contributed by atoms with Crippen molar-refractivity contribution in [2.24, 2.45) is 0 Å². The van der Waals surface area contributed by atoms with E-state index in [0.717, 1.165) is 29.8 Å². The lowest BCUT2D eigenvalue weighted by molar-refractivity contribution is -0.123. The van der Waals surface area contributed by atoms with Crippen LogP contribution in [0.4, 0.5) is 4.39 Å². The number of nitrogens with one attached hydrogen (secondary N) is 2. The molecule has 0 aliphatic heterocycles. The van der Waals surface area contributed by atoms with E-state index < -0.39 is 27.8 Å². The number of carbonyl (C=O) groups is 1. The first-order valence-corrected chi connectivity index (χ1v) is 9.38. The Balaban J connectivity index is 2.25. The summed E-state index contributed by atoms with van der Waals surface area (Å²) in [6.45, 7) is 3.60. The van der Waals surface area contributed by atoms with Gasteiger partial charge in [0.2, 0.25) is 15.9 Å². The fourth-order valence-corrected chi connectivity index (χ4v) is 3.49.